The number of hydrogen-bond acceptors (Lipinski definition) is 3. The number of benzene rings is 1. The fourth-order valence-electron chi connectivity index (χ4n) is 3.22. The Labute approximate surface area is 135 Å². The molecule has 4 heteroatoms. The third kappa shape index (κ3) is 4.13. The second-order valence-electron chi connectivity index (χ2n) is 5.81. The topological polar surface area (TPSA) is 38.7 Å². The van der Waals surface area contributed by atoms with Crippen molar-refractivity contribution in [3.05, 3.63) is 22.2 Å². The fraction of sp³-hybridized carbons (Fsp3) is 0.647. The first kappa shape index (κ1) is 16.6. The molecule has 1 atom stereocenters. The number of methoxy groups -OCH3 is 2. The summed E-state index contributed by atoms with van der Waals surface area (Å²) < 4.78 is 11.5. The van der Waals surface area contributed by atoms with E-state index in [0.29, 0.717) is 11.7 Å². The van der Waals surface area contributed by atoms with Crippen LogP contribution >= 0.6 is 15.9 Å². The average Bonchev–Trinajstić information content (AvgIpc) is 2.75. The number of rotatable bonds is 5. The van der Waals surface area contributed by atoms with Crippen LogP contribution in [0.1, 0.15) is 56.6 Å². The third-order valence-corrected chi connectivity index (χ3v) is 5.16. The van der Waals surface area contributed by atoms with Crippen molar-refractivity contribution in [3.8, 4) is 11.5 Å². The number of aliphatic hydroxyl groups excluding tert-OH is 1. The van der Waals surface area contributed by atoms with Crippen molar-refractivity contribution in [1.82, 2.24) is 0 Å². The molecule has 118 valence electrons. The zero-order chi connectivity index (χ0) is 15.2. The molecule has 1 aromatic carbocycles. The van der Waals surface area contributed by atoms with E-state index in [9.17, 15) is 5.11 Å². The molecule has 0 saturated heterocycles. The minimum absolute atomic E-state index is 0.481. The second-order valence-corrected chi connectivity index (χ2v) is 6.61. The number of ether oxygens (including phenoxy) is 2. The smallest absolute Gasteiger partial charge is 0.142 e. The predicted molar refractivity (Wildman–Crippen MR) is 88.0 cm³/mol. The lowest BCUT2D eigenvalue weighted by atomic mass is 9.91. The number of halogens is 1. The summed E-state index contributed by atoms with van der Waals surface area (Å²) >= 11 is 3.50. The van der Waals surface area contributed by atoms with Gasteiger partial charge in [-0.2, -0.15) is 0 Å². The molecule has 1 N–H and O–H groups in total. The molecule has 1 aromatic rings. The van der Waals surface area contributed by atoms with Crippen molar-refractivity contribution >= 4 is 15.9 Å². The van der Waals surface area contributed by atoms with E-state index in [-0.39, 0.29) is 0 Å². The van der Waals surface area contributed by atoms with Gasteiger partial charge in [-0.1, -0.05) is 38.5 Å². The van der Waals surface area contributed by atoms with Crippen LogP contribution in [0.2, 0.25) is 0 Å². The van der Waals surface area contributed by atoms with Gasteiger partial charge in [-0.3, -0.25) is 0 Å². The molecule has 1 aliphatic rings. The molecular weight excluding hydrogens is 332 g/mol. The van der Waals surface area contributed by atoms with Crippen LogP contribution in [0.3, 0.4) is 0 Å². The zero-order valence-electron chi connectivity index (χ0n) is 12.9. The normalized spacial score (nSPS) is 18.1. The first-order valence-corrected chi connectivity index (χ1v) is 8.55. The highest BCUT2D eigenvalue weighted by atomic mass is 79.9. The molecular formula is C17H25BrO3. The van der Waals surface area contributed by atoms with Crippen molar-refractivity contribution in [1.29, 1.82) is 0 Å². The van der Waals surface area contributed by atoms with Crippen molar-refractivity contribution in [2.75, 3.05) is 14.2 Å². The summed E-state index contributed by atoms with van der Waals surface area (Å²) in [6, 6.07) is 3.78. The summed E-state index contributed by atoms with van der Waals surface area (Å²) in [7, 11) is 3.25. The van der Waals surface area contributed by atoms with Crippen molar-refractivity contribution in [2.45, 2.75) is 51.0 Å². The van der Waals surface area contributed by atoms with E-state index in [0.717, 1.165) is 22.2 Å². The standard InChI is InChI=1S/C17H25BrO3/c1-20-15-10-9-13(17(21-2)16(15)18)14(19)11-12-7-5-3-4-6-8-12/h9-10,12,14,19H,3-8,11H2,1-2H3. The molecule has 0 aliphatic heterocycles. The van der Waals surface area contributed by atoms with Gasteiger partial charge in [-0.25, -0.2) is 0 Å². The van der Waals surface area contributed by atoms with E-state index in [4.69, 9.17) is 9.47 Å². The van der Waals surface area contributed by atoms with E-state index in [1.54, 1.807) is 14.2 Å². The highest BCUT2D eigenvalue weighted by molar-refractivity contribution is 9.10. The Balaban J connectivity index is 2.14. The van der Waals surface area contributed by atoms with Crippen LogP contribution in [0.4, 0.5) is 0 Å². The maximum atomic E-state index is 10.6. The zero-order valence-corrected chi connectivity index (χ0v) is 14.5. The van der Waals surface area contributed by atoms with E-state index in [1.807, 2.05) is 12.1 Å². The average molecular weight is 357 g/mol. The van der Waals surface area contributed by atoms with E-state index < -0.39 is 6.10 Å². The summed E-state index contributed by atoms with van der Waals surface area (Å²) in [5, 5.41) is 10.6. The summed E-state index contributed by atoms with van der Waals surface area (Å²) in [6.45, 7) is 0. The maximum absolute atomic E-state index is 10.6. The van der Waals surface area contributed by atoms with Gasteiger partial charge in [0.25, 0.3) is 0 Å². The highest BCUT2D eigenvalue weighted by Gasteiger charge is 2.22. The van der Waals surface area contributed by atoms with Crippen LogP contribution in [0.5, 0.6) is 11.5 Å². The quantitative estimate of drug-likeness (QED) is 0.765. The molecule has 0 amide bonds. The maximum Gasteiger partial charge on any atom is 0.142 e. The van der Waals surface area contributed by atoms with Gasteiger partial charge in [0.2, 0.25) is 0 Å². The molecule has 1 aliphatic carbocycles. The van der Waals surface area contributed by atoms with Gasteiger partial charge in [0.1, 0.15) is 16.0 Å². The minimum Gasteiger partial charge on any atom is -0.495 e. The van der Waals surface area contributed by atoms with Gasteiger partial charge >= 0.3 is 0 Å². The van der Waals surface area contributed by atoms with Gasteiger partial charge in [0.15, 0.2) is 0 Å². The molecule has 0 radical (unpaired) electrons. The molecule has 21 heavy (non-hydrogen) atoms. The molecule has 0 aromatic heterocycles. The first-order valence-electron chi connectivity index (χ1n) is 7.75. The lowest BCUT2D eigenvalue weighted by Crippen LogP contribution is -2.08. The minimum atomic E-state index is -0.481. The summed E-state index contributed by atoms with van der Waals surface area (Å²) in [5.74, 6) is 2.01. The molecule has 1 fully saturated rings. The van der Waals surface area contributed by atoms with Crippen LogP contribution in [-0.2, 0) is 0 Å². The van der Waals surface area contributed by atoms with Gasteiger partial charge < -0.3 is 14.6 Å². The van der Waals surface area contributed by atoms with Crippen molar-refractivity contribution < 1.29 is 14.6 Å². The molecule has 1 saturated carbocycles. The van der Waals surface area contributed by atoms with Crippen LogP contribution in [-0.4, -0.2) is 19.3 Å². The molecule has 0 bridgehead atoms. The Morgan fingerprint density at radius 3 is 2.38 bits per heavy atom. The number of aliphatic hydroxyl groups is 1. The number of hydrogen-bond donors (Lipinski definition) is 1. The lowest BCUT2D eigenvalue weighted by Gasteiger charge is -2.21. The molecule has 3 nitrogen and oxygen atoms in total. The highest BCUT2D eigenvalue weighted by Crippen LogP contribution is 2.42. The molecule has 1 unspecified atom stereocenters. The Hall–Kier alpha value is -0.740. The van der Waals surface area contributed by atoms with E-state index in [2.05, 4.69) is 15.9 Å². The summed E-state index contributed by atoms with van der Waals surface area (Å²) in [5.41, 5.74) is 0.842. The Kier molecular flexibility index (Phi) is 6.37. The Morgan fingerprint density at radius 2 is 1.81 bits per heavy atom. The largest absolute Gasteiger partial charge is 0.495 e. The second kappa shape index (κ2) is 8.04. The summed E-state index contributed by atoms with van der Waals surface area (Å²) in [4.78, 5) is 0. The molecule has 0 spiro atoms. The summed E-state index contributed by atoms with van der Waals surface area (Å²) in [6.07, 6.45) is 8.06. The van der Waals surface area contributed by atoms with Crippen LogP contribution in [0, 0.1) is 5.92 Å². The van der Waals surface area contributed by atoms with Gasteiger partial charge in [-0.05, 0) is 40.4 Å². The van der Waals surface area contributed by atoms with Crippen molar-refractivity contribution in [3.63, 3.8) is 0 Å². The van der Waals surface area contributed by atoms with Gasteiger partial charge in [0.05, 0.1) is 20.3 Å². The van der Waals surface area contributed by atoms with Crippen LogP contribution < -0.4 is 9.47 Å². The van der Waals surface area contributed by atoms with E-state index >= 15 is 0 Å². The monoisotopic (exact) mass is 356 g/mol. The van der Waals surface area contributed by atoms with E-state index in [1.165, 1.54) is 38.5 Å². The van der Waals surface area contributed by atoms with Gasteiger partial charge in [-0.15, -0.1) is 0 Å². The predicted octanol–water partition coefficient (Wildman–Crippen LogP) is 4.86. The third-order valence-electron chi connectivity index (χ3n) is 4.41. The van der Waals surface area contributed by atoms with Crippen LogP contribution in [0.25, 0.3) is 0 Å². The SMILES string of the molecule is COc1ccc(C(O)CC2CCCCCC2)c(OC)c1Br. The fourth-order valence-corrected chi connectivity index (χ4v) is 3.91. The molecule has 0 heterocycles. The first-order chi connectivity index (χ1) is 10.2. The van der Waals surface area contributed by atoms with Gasteiger partial charge in [0, 0.05) is 5.56 Å². The Morgan fingerprint density at radius 1 is 1.14 bits per heavy atom. The molecule has 2 rings (SSSR count). The lowest BCUT2D eigenvalue weighted by molar-refractivity contribution is 0.135. The Bertz CT molecular complexity index is 454. The van der Waals surface area contributed by atoms with Crippen molar-refractivity contribution in [2.24, 2.45) is 5.92 Å². The van der Waals surface area contributed by atoms with Crippen LogP contribution in [0.15, 0.2) is 16.6 Å².